The van der Waals surface area contributed by atoms with Crippen LogP contribution in [-0.2, 0) is 14.2 Å². The summed E-state index contributed by atoms with van der Waals surface area (Å²) in [6.45, 7) is 3.40. The fourth-order valence-corrected chi connectivity index (χ4v) is 3.36. The van der Waals surface area contributed by atoms with Crippen LogP contribution in [0.1, 0.15) is 20.1 Å². The van der Waals surface area contributed by atoms with Gasteiger partial charge in [-0.1, -0.05) is 0 Å². The van der Waals surface area contributed by atoms with Gasteiger partial charge in [0.05, 0.1) is 19.3 Å². The zero-order chi connectivity index (χ0) is 19.3. The zero-order valence-corrected chi connectivity index (χ0v) is 15.5. The van der Waals surface area contributed by atoms with Gasteiger partial charge in [0, 0.05) is 14.1 Å². The maximum Gasteiger partial charge on any atom is 0.280 e. The molecule has 146 valence electrons. The molecular formula is C16H22N6O5. The van der Waals surface area contributed by atoms with Crippen LogP contribution in [0.15, 0.2) is 16.1 Å². The van der Waals surface area contributed by atoms with Crippen LogP contribution in [0.2, 0.25) is 0 Å². The minimum Gasteiger partial charge on any atom is -0.394 e. The van der Waals surface area contributed by atoms with Crippen molar-refractivity contribution in [1.29, 1.82) is 0 Å². The molecule has 0 amide bonds. The number of H-pyrrole nitrogens is 1. The van der Waals surface area contributed by atoms with Crippen molar-refractivity contribution in [3.8, 4) is 0 Å². The second-order valence-electron chi connectivity index (χ2n) is 7.23. The molecule has 2 aromatic rings. The summed E-state index contributed by atoms with van der Waals surface area (Å²) >= 11 is 0. The van der Waals surface area contributed by atoms with Crippen molar-refractivity contribution in [2.24, 2.45) is 4.99 Å². The van der Waals surface area contributed by atoms with E-state index >= 15 is 0 Å². The second-order valence-corrected chi connectivity index (χ2v) is 7.23. The monoisotopic (exact) mass is 378 g/mol. The van der Waals surface area contributed by atoms with Crippen LogP contribution < -0.4 is 5.56 Å². The van der Waals surface area contributed by atoms with Gasteiger partial charge in [-0.05, 0) is 13.8 Å². The molecule has 4 atom stereocenters. The molecule has 2 aliphatic rings. The van der Waals surface area contributed by atoms with E-state index < -0.39 is 35.9 Å². The summed E-state index contributed by atoms with van der Waals surface area (Å²) in [5.74, 6) is -0.645. The topological polar surface area (TPSA) is 127 Å². The Bertz CT molecular complexity index is 935. The second kappa shape index (κ2) is 6.37. The summed E-state index contributed by atoms with van der Waals surface area (Å²) < 4.78 is 19.4. The van der Waals surface area contributed by atoms with Crippen molar-refractivity contribution in [3.63, 3.8) is 0 Å². The number of aromatic amines is 1. The van der Waals surface area contributed by atoms with Crippen molar-refractivity contribution in [2.75, 3.05) is 20.7 Å². The molecule has 27 heavy (non-hydrogen) atoms. The van der Waals surface area contributed by atoms with Crippen LogP contribution in [0, 0.1) is 0 Å². The lowest BCUT2D eigenvalue weighted by Crippen LogP contribution is -2.31. The molecule has 0 saturated carbocycles. The quantitative estimate of drug-likeness (QED) is 0.551. The highest BCUT2D eigenvalue weighted by Crippen LogP contribution is 2.43. The lowest BCUT2D eigenvalue weighted by Gasteiger charge is -2.24. The van der Waals surface area contributed by atoms with Crippen LogP contribution in [0.5, 0.6) is 0 Å². The van der Waals surface area contributed by atoms with Crippen molar-refractivity contribution < 1.29 is 19.3 Å². The average Bonchev–Trinajstić information content (AvgIpc) is 3.23. The third kappa shape index (κ3) is 3.12. The van der Waals surface area contributed by atoms with E-state index in [1.54, 1.807) is 23.3 Å². The summed E-state index contributed by atoms with van der Waals surface area (Å²) in [6.07, 6.45) is 0.921. The van der Waals surface area contributed by atoms with E-state index in [2.05, 4.69) is 19.9 Å². The number of aliphatic hydroxyl groups is 1. The molecule has 2 fully saturated rings. The number of aliphatic hydroxyl groups excluding tert-OH is 1. The number of ether oxygens (including phenoxy) is 3. The van der Waals surface area contributed by atoms with E-state index in [1.807, 2.05) is 14.1 Å². The minimum atomic E-state index is -0.798. The minimum absolute atomic E-state index is 0.153. The van der Waals surface area contributed by atoms with Gasteiger partial charge in [0.1, 0.15) is 18.3 Å². The highest BCUT2D eigenvalue weighted by molar-refractivity contribution is 5.71. The summed E-state index contributed by atoms with van der Waals surface area (Å²) in [5, 5.41) is 9.64. The van der Waals surface area contributed by atoms with Gasteiger partial charge in [0.15, 0.2) is 23.2 Å². The first kappa shape index (κ1) is 18.0. The molecule has 2 aliphatic heterocycles. The maximum absolute atomic E-state index is 12.3. The number of aromatic nitrogens is 4. The van der Waals surface area contributed by atoms with Gasteiger partial charge < -0.3 is 24.2 Å². The summed E-state index contributed by atoms with van der Waals surface area (Å²) in [7, 11) is 3.62. The highest BCUT2D eigenvalue weighted by atomic mass is 16.8. The predicted molar refractivity (Wildman–Crippen MR) is 94.8 cm³/mol. The lowest BCUT2D eigenvalue weighted by molar-refractivity contribution is -0.199. The van der Waals surface area contributed by atoms with Crippen molar-refractivity contribution >= 4 is 23.5 Å². The standard InChI is InChI=1S/C16H22N6O5/c1-16(2)26-10-8(5-23)25-14(11(10)27-16)22-7-17-9-12(22)19-15(20-13(9)24)18-6-21(3)4/h6-8,10-11,14,23H,5H2,1-4H3,(H,19,20,24)/b18-6+/t8-,10?,11?,14-/m1/s1. The van der Waals surface area contributed by atoms with E-state index in [0.717, 1.165) is 0 Å². The molecule has 0 spiro atoms. The molecule has 2 N–H and O–H groups in total. The number of rotatable bonds is 4. The van der Waals surface area contributed by atoms with Gasteiger partial charge in [0.2, 0.25) is 5.95 Å². The van der Waals surface area contributed by atoms with Gasteiger partial charge in [-0.3, -0.25) is 14.3 Å². The molecule has 4 heterocycles. The Morgan fingerprint density at radius 2 is 2.15 bits per heavy atom. The van der Waals surface area contributed by atoms with Gasteiger partial charge >= 0.3 is 0 Å². The van der Waals surface area contributed by atoms with E-state index in [4.69, 9.17) is 14.2 Å². The molecule has 0 aromatic carbocycles. The first-order chi connectivity index (χ1) is 12.8. The van der Waals surface area contributed by atoms with Gasteiger partial charge in [-0.2, -0.15) is 4.98 Å². The maximum atomic E-state index is 12.3. The molecule has 11 nitrogen and oxygen atoms in total. The van der Waals surface area contributed by atoms with E-state index in [0.29, 0.717) is 5.65 Å². The number of nitrogens with zero attached hydrogens (tertiary/aromatic N) is 5. The number of imidazole rings is 1. The summed E-state index contributed by atoms with van der Waals surface area (Å²) in [5.41, 5.74) is 0.0895. The Labute approximate surface area is 154 Å². The highest BCUT2D eigenvalue weighted by Gasteiger charge is 2.56. The third-order valence-electron chi connectivity index (χ3n) is 4.41. The first-order valence-corrected chi connectivity index (χ1v) is 8.58. The van der Waals surface area contributed by atoms with Crippen LogP contribution in [0.3, 0.4) is 0 Å². The van der Waals surface area contributed by atoms with Gasteiger partial charge in [0.25, 0.3) is 5.56 Å². The van der Waals surface area contributed by atoms with Crippen LogP contribution >= 0.6 is 0 Å². The van der Waals surface area contributed by atoms with Crippen molar-refractivity contribution in [2.45, 2.75) is 44.2 Å². The largest absolute Gasteiger partial charge is 0.394 e. The predicted octanol–water partition coefficient (Wildman–Crippen LogP) is -0.249. The average molecular weight is 378 g/mol. The number of nitrogens with one attached hydrogen (secondary N) is 1. The molecule has 0 radical (unpaired) electrons. The van der Waals surface area contributed by atoms with Crippen LogP contribution in [0.4, 0.5) is 5.95 Å². The summed E-state index contributed by atoms with van der Waals surface area (Å²) in [4.78, 5) is 29.3. The molecule has 4 rings (SSSR count). The van der Waals surface area contributed by atoms with Crippen molar-refractivity contribution in [3.05, 3.63) is 16.7 Å². The molecule has 0 bridgehead atoms. The van der Waals surface area contributed by atoms with E-state index in [9.17, 15) is 9.90 Å². The molecule has 0 aliphatic carbocycles. The Kier molecular flexibility index (Phi) is 4.26. The van der Waals surface area contributed by atoms with Gasteiger partial charge in [-0.15, -0.1) is 0 Å². The fourth-order valence-electron chi connectivity index (χ4n) is 3.36. The Morgan fingerprint density at radius 3 is 2.85 bits per heavy atom. The van der Waals surface area contributed by atoms with Crippen LogP contribution in [0.25, 0.3) is 11.2 Å². The normalized spacial score (nSPS) is 29.7. The number of aliphatic imine (C=N–C) groups is 1. The molecule has 11 heteroatoms. The first-order valence-electron chi connectivity index (χ1n) is 8.58. The Morgan fingerprint density at radius 1 is 1.41 bits per heavy atom. The zero-order valence-electron chi connectivity index (χ0n) is 15.5. The molecule has 2 aromatic heterocycles. The molecule has 2 unspecified atom stereocenters. The van der Waals surface area contributed by atoms with Gasteiger partial charge in [-0.25, -0.2) is 9.98 Å². The smallest absolute Gasteiger partial charge is 0.280 e. The van der Waals surface area contributed by atoms with E-state index in [1.165, 1.54) is 12.7 Å². The summed E-state index contributed by atoms with van der Waals surface area (Å²) in [6, 6.07) is 0. The van der Waals surface area contributed by atoms with Crippen molar-refractivity contribution in [1.82, 2.24) is 24.4 Å². The molecule has 2 saturated heterocycles. The lowest BCUT2D eigenvalue weighted by atomic mass is 10.1. The third-order valence-corrected chi connectivity index (χ3v) is 4.41. The van der Waals surface area contributed by atoms with Crippen LogP contribution in [-0.4, -0.2) is 80.7 Å². The Balaban J connectivity index is 1.76. The molecular weight excluding hydrogens is 356 g/mol. The number of hydrogen-bond donors (Lipinski definition) is 2. The fraction of sp³-hybridized carbons (Fsp3) is 0.625. The number of fused-ring (bicyclic) bond motifs is 2. The number of hydrogen-bond acceptors (Lipinski definition) is 8. The van der Waals surface area contributed by atoms with E-state index in [-0.39, 0.29) is 18.1 Å². The Hall–Kier alpha value is -2.34. The SMILES string of the molecule is CN(C)/C=N/c1nc2c(ncn2[C@@H]2O[C@H](CO)C3OC(C)(C)OC32)c(=O)[nH]1.